The summed E-state index contributed by atoms with van der Waals surface area (Å²) in [4.78, 5) is 40.2. The first-order chi connectivity index (χ1) is 15.0. The van der Waals surface area contributed by atoms with Crippen LogP contribution in [-0.2, 0) is 11.3 Å². The fraction of sp³-hybridized carbons (Fsp3) is 0.190. The predicted octanol–water partition coefficient (Wildman–Crippen LogP) is 3.50. The lowest BCUT2D eigenvalue weighted by atomic mass is 10.2. The molecule has 2 aromatic heterocycles. The van der Waals surface area contributed by atoms with Crippen LogP contribution in [0.1, 0.15) is 17.3 Å². The van der Waals surface area contributed by atoms with Crippen molar-refractivity contribution in [3.8, 4) is 0 Å². The van der Waals surface area contributed by atoms with Gasteiger partial charge in [0.25, 0.3) is 11.6 Å². The molecule has 0 radical (unpaired) electrons. The minimum absolute atomic E-state index is 0.0567. The number of non-ortho nitro benzene ring substituents is 1. The molecule has 0 unspecified atom stereocenters. The van der Waals surface area contributed by atoms with Gasteiger partial charge in [0.15, 0.2) is 4.80 Å². The second kappa shape index (κ2) is 8.62. The Morgan fingerprint density at radius 1 is 1.26 bits per heavy atom. The highest BCUT2D eigenvalue weighted by molar-refractivity contribution is 7.16. The van der Waals surface area contributed by atoms with Gasteiger partial charge in [-0.15, -0.1) is 0 Å². The molecule has 0 fully saturated rings. The molecule has 0 atom stereocenters. The zero-order chi connectivity index (χ0) is 22.0. The van der Waals surface area contributed by atoms with E-state index in [1.165, 1.54) is 18.2 Å². The third-order valence-electron chi connectivity index (χ3n) is 4.61. The second-order valence-electron chi connectivity index (χ2n) is 6.54. The summed E-state index contributed by atoms with van der Waals surface area (Å²) in [5.74, 6) is -0.745. The van der Waals surface area contributed by atoms with Gasteiger partial charge >= 0.3 is 5.63 Å². The highest BCUT2D eigenvalue weighted by Gasteiger charge is 2.16. The lowest BCUT2D eigenvalue weighted by molar-refractivity contribution is -0.384. The van der Waals surface area contributed by atoms with Gasteiger partial charge in [-0.1, -0.05) is 29.5 Å². The van der Waals surface area contributed by atoms with Crippen LogP contribution in [0.3, 0.4) is 0 Å². The molecule has 0 bridgehead atoms. The number of nitrogens with zero attached hydrogens (tertiary/aromatic N) is 3. The predicted molar refractivity (Wildman–Crippen MR) is 115 cm³/mol. The van der Waals surface area contributed by atoms with Crippen molar-refractivity contribution in [2.75, 3.05) is 13.2 Å². The van der Waals surface area contributed by atoms with E-state index < -0.39 is 16.5 Å². The Hall–Kier alpha value is -3.63. The van der Waals surface area contributed by atoms with Gasteiger partial charge in [0.05, 0.1) is 21.7 Å². The summed E-state index contributed by atoms with van der Waals surface area (Å²) in [6, 6.07) is 12.8. The van der Waals surface area contributed by atoms with Gasteiger partial charge in [-0.25, -0.2) is 4.79 Å². The molecule has 1 amide bonds. The monoisotopic (exact) mass is 439 g/mol. The topological polar surface area (TPSA) is 117 Å². The average molecular weight is 439 g/mol. The molecular formula is C21H17N3O6S. The Morgan fingerprint density at radius 3 is 2.84 bits per heavy atom. The SMILES string of the molecule is CCOCCn1c(=NC(=O)c2cc3ccccc3oc2=O)sc2cc([N+](=O)[O-])ccc21. The first kappa shape index (κ1) is 20.6. The first-order valence-corrected chi connectivity index (χ1v) is 10.3. The molecule has 10 heteroatoms. The normalized spacial score (nSPS) is 12.0. The summed E-state index contributed by atoms with van der Waals surface area (Å²) in [5.41, 5.74) is 0.0553. The van der Waals surface area contributed by atoms with Crippen molar-refractivity contribution in [1.82, 2.24) is 4.57 Å². The molecule has 0 saturated heterocycles. The van der Waals surface area contributed by atoms with E-state index in [0.717, 1.165) is 11.3 Å². The number of hydrogen-bond acceptors (Lipinski definition) is 7. The Kier molecular flexibility index (Phi) is 5.74. The van der Waals surface area contributed by atoms with Crippen LogP contribution in [0.15, 0.2) is 62.7 Å². The van der Waals surface area contributed by atoms with Crippen LogP contribution < -0.4 is 10.4 Å². The average Bonchev–Trinajstić information content (AvgIpc) is 3.09. The van der Waals surface area contributed by atoms with E-state index >= 15 is 0 Å². The van der Waals surface area contributed by atoms with E-state index in [2.05, 4.69) is 4.99 Å². The van der Waals surface area contributed by atoms with Crippen LogP contribution in [0.2, 0.25) is 0 Å². The van der Waals surface area contributed by atoms with Crippen LogP contribution in [-0.4, -0.2) is 28.6 Å². The molecule has 0 saturated carbocycles. The van der Waals surface area contributed by atoms with Crippen molar-refractivity contribution in [3.63, 3.8) is 0 Å². The lowest BCUT2D eigenvalue weighted by Gasteiger charge is -2.05. The number of carbonyl (C=O) groups excluding carboxylic acids is 1. The number of fused-ring (bicyclic) bond motifs is 2. The number of rotatable bonds is 6. The second-order valence-corrected chi connectivity index (χ2v) is 7.55. The van der Waals surface area contributed by atoms with Gasteiger partial charge in [-0.3, -0.25) is 14.9 Å². The molecule has 2 aromatic carbocycles. The molecule has 4 rings (SSSR count). The Bertz CT molecular complexity index is 1430. The van der Waals surface area contributed by atoms with E-state index in [0.29, 0.717) is 45.7 Å². The Labute approximate surface area is 179 Å². The zero-order valence-electron chi connectivity index (χ0n) is 16.4. The van der Waals surface area contributed by atoms with Crippen molar-refractivity contribution >= 4 is 44.1 Å². The van der Waals surface area contributed by atoms with Gasteiger partial charge < -0.3 is 13.7 Å². The molecule has 4 aromatic rings. The summed E-state index contributed by atoms with van der Waals surface area (Å²) in [6.07, 6.45) is 0. The van der Waals surface area contributed by atoms with Gasteiger partial charge in [0, 0.05) is 30.7 Å². The smallest absolute Gasteiger partial charge is 0.349 e. The van der Waals surface area contributed by atoms with E-state index in [9.17, 15) is 19.7 Å². The third kappa shape index (κ3) is 4.16. The number of amides is 1. The summed E-state index contributed by atoms with van der Waals surface area (Å²) in [7, 11) is 0. The summed E-state index contributed by atoms with van der Waals surface area (Å²) in [5, 5.41) is 11.7. The van der Waals surface area contributed by atoms with Gasteiger partial charge in [0.1, 0.15) is 11.1 Å². The van der Waals surface area contributed by atoms with E-state index in [4.69, 9.17) is 9.15 Å². The molecule has 0 aliphatic heterocycles. The van der Waals surface area contributed by atoms with Gasteiger partial charge in [-0.05, 0) is 25.1 Å². The van der Waals surface area contributed by atoms with Crippen molar-refractivity contribution in [3.05, 3.63) is 79.4 Å². The number of para-hydroxylation sites is 1. The molecule has 0 aliphatic carbocycles. The minimum atomic E-state index is -0.773. The maximum absolute atomic E-state index is 12.8. The number of ether oxygens (including phenoxy) is 1. The standard InChI is InChI=1S/C21H17N3O6S/c1-2-29-10-9-23-16-8-7-14(24(27)28)12-18(16)31-21(23)22-19(25)15-11-13-5-3-4-6-17(13)30-20(15)26/h3-8,11-12H,2,9-10H2,1H3. The molecule has 0 spiro atoms. The van der Waals surface area contributed by atoms with Crippen molar-refractivity contribution < 1.29 is 18.9 Å². The number of hydrogen-bond donors (Lipinski definition) is 0. The van der Waals surface area contributed by atoms with Crippen LogP contribution in [0, 0.1) is 10.1 Å². The van der Waals surface area contributed by atoms with Gasteiger partial charge in [0.2, 0.25) is 0 Å². The van der Waals surface area contributed by atoms with E-state index in [1.807, 2.05) is 6.92 Å². The van der Waals surface area contributed by atoms with Crippen molar-refractivity contribution in [2.45, 2.75) is 13.5 Å². The fourth-order valence-electron chi connectivity index (χ4n) is 3.14. The molecule has 0 N–H and O–H groups in total. The number of carbonyl (C=O) groups is 1. The molecule has 2 heterocycles. The first-order valence-electron chi connectivity index (χ1n) is 9.45. The summed E-state index contributed by atoms with van der Waals surface area (Å²) < 4.78 is 13.0. The Morgan fingerprint density at radius 2 is 2.06 bits per heavy atom. The van der Waals surface area contributed by atoms with Crippen molar-refractivity contribution in [2.24, 2.45) is 4.99 Å². The number of aromatic nitrogens is 1. The molecule has 31 heavy (non-hydrogen) atoms. The largest absolute Gasteiger partial charge is 0.422 e. The van der Waals surface area contributed by atoms with Crippen LogP contribution in [0.25, 0.3) is 21.2 Å². The molecule has 9 nitrogen and oxygen atoms in total. The van der Waals surface area contributed by atoms with E-state index in [1.54, 1.807) is 34.9 Å². The highest BCUT2D eigenvalue weighted by Crippen LogP contribution is 2.23. The molecule has 158 valence electrons. The summed E-state index contributed by atoms with van der Waals surface area (Å²) >= 11 is 1.13. The van der Waals surface area contributed by atoms with Crippen LogP contribution in [0.5, 0.6) is 0 Å². The number of nitro groups is 1. The molecular weight excluding hydrogens is 422 g/mol. The fourth-order valence-corrected chi connectivity index (χ4v) is 4.22. The quantitative estimate of drug-likeness (QED) is 0.196. The van der Waals surface area contributed by atoms with Crippen LogP contribution in [0.4, 0.5) is 5.69 Å². The number of thiazole rings is 1. The molecule has 0 aliphatic rings. The highest BCUT2D eigenvalue weighted by atomic mass is 32.1. The van der Waals surface area contributed by atoms with E-state index in [-0.39, 0.29) is 11.3 Å². The zero-order valence-corrected chi connectivity index (χ0v) is 17.3. The maximum atomic E-state index is 12.8. The number of benzene rings is 2. The van der Waals surface area contributed by atoms with Gasteiger partial charge in [-0.2, -0.15) is 4.99 Å². The maximum Gasteiger partial charge on any atom is 0.349 e. The number of nitro benzene ring substituents is 1. The lowest BCUT2D eigenvalue weighted by Crippen LogP contribution is -2.21. The summed E-state index contributed by atoms with van der Waals surface area (Å²) in [6.45, 7) is 3.16. The van der Waals surface area contributed by atoms with Crippen LogP contribution >= 0.6 is 11.3 Å². The third-order valence-corrected chi connectivity index (χ3v) is 5.65. The Balaban J connectivity index is 1.84. The van der Waals surface area contributed by atoms with Crippen molar-refractivity contribution in [1.29, 1.82) is 0 Å². The minimum Gasteiger partial charge on any atom is -0.422 e.